The van der Waals surface area contributed by atoms with Gasteiger partial charge in [0.25, 0.3) is 0 Å². The second kappa shape index (κ2) is 34.4. The fourth-order valence-electron chi connectivity index (χ4n) is 19.6. The van der Waals surface area contributed by atoms with Gasteiger partial charge in [0.05, 0.1) is 49.4 Å². The number of aromatic amines is 1. The molecule has 25 rings (SSSR count). The number of hydrogen-bond acceptors (Lipinski definition) is 2. The van der Waals surface area contributed by atoms with Gasteiger partial charge in [-0.3, -0.25) is 4.70 Å². The molecule has 25 aromatic rings. The monoisotopic (exact) mass is 1860 g/mol. The topological polar surface area (TPSA) is 56.9 Å². The summed E-state index contributed by atoms with van der Waals surface area (Å²) in [7, 11) is -5.62. The third-order valence-electron chi connectivity index (χ3n) is 24.8. The van der Waals surface area contributed by atoms with E-state index in [0.717, 1.165) is 85.4 Å². The first kappa shape index (κ1) is 81.1. The van der Waals surface area contributed by atoms with Gasteiger partial charge in [0.15, 0.2) is 16.1 Å². The normalized spacial score (nSPS) is 11.6. The summed E-state index contributed by atoms with van der Waals surface area (Å²) < 4.78 is 23.4. The summed E-state index contributed by atoms with van der Waals surface area (Å²) in [6.07, 6.45) is 0. The van der Waals surface area contributed by atoms with Crippen LogP contribution in [-0.2, 0) is 0 Å². The van der Waals surface area contributed by atoms with Crippen LogP contribution in [0.4, 0.5) is 4.70 Å². The maximum atomic E-state index is 6.66. The summed E-state index contributed by atoms with van der Waals surface area (Å²) in [6, 6.07) is 167. The van der Waals surface area contributed by atoms with E-state index in [1.807, 2.05) is 48.5 Å². The van der Waals surface area contributed by atoms with Crippen molar-refractivity contribution >= 4 is 237 Å². The number of hydrogen-bond donors (Lipinski definition) is 1. The van der Waals surface area contributed by atoms with Gasteiger partial charge in [-0.15, -0.1) is 0 Å². The number of benzene rings is 19. The Labute approximate surface area is 761 Å². The van der Waals surface area contributed by atoms with Gasteiger partial charge >= 0.3 is 0 Å². The molecule has 0 bridgehead atoms. The zero-order valence-corrected chi connectivity index (χ0v) is 74.8. The van der Waals surface area contributed by atoms with Crippen molar-refractivity contribution < 1.29 is 13.5 Å². The maximum Gasteiger partial charge on any atom is 0.179 e. The second-order valence-corrected chi connectivity index (χ2v) is 42.1. The molecule has 1 N–H and O–H groups in total. The van der Waals surface area contributed by atoms with Crippen molar-refractivity contribution in [3.8, 4) is 17.1 Å². The number of halogens is 4. The molecule has 0 unspecified atom stereocenters. The van der Waals surface area contributed by atoms with Crippen LogP contribution in [0.1, 0.15) is 7.43 Å². The highest BCUT2D eigenvalue weighted by atomic mass is 79.9. The van der Waals surface area contributed by atoms with E-state index in [9.17, 15) is 0 Å². The molecular weight excluding hydrogens is 1780 g/mol. The van der Waals surface area contributed by atoms with Crippen LogP contribution in [-0.4, -0.2) is 34.8 Å². The molecule has 12 heteroatoms. The Morgan fingerprint density at radius 2 is 0.496 bits per heavy atom. The number of nitrogens with one attached hydrogen (secondary N) is 1. The fourth-order valence-corrected chi connectivity index (χ4v) is 30.9. The fraction of sp³-hybridized carbons (Fsp3) is 0.00870. The minimum atomic E-state index is -2.97. The third kappa shape index (κ3) is 14.0. The van der Waals surface area contributed by atoms with Crippen LogP contribution < -0.4 is 41.5 Å². The van der Waals surface area contributed by atoms with Crippen molar-refractivity contribution in [3.05, 3.63) is 474 Å². The van der Waals surface area contributed by atoms with Gasteiger partial charge in [0.1, 0.15) is 22.3 Å². The smallest absolute Gasteiger partial charge is 0.179 e. The van der Waals surface area contributed by atoms with E-state index in [-0.39, 0.29) is 12.1 Å². The minimum absolute atomic E-state index is 0. The molecule has 610 valence electrons. The lowest BCUT2D eigenvalue weighted by molar-refractivity contribution is 0.672. The quantitative estimate of drug-likeness (QED) is 0.104. The summed E-state index contributed by atoms with van der Waals surface area (Å²) in [5.41, 5.74) is 16.7. The van der Waals surface area contributed by atoms with Crippen molar-refractivity contribution in [1.82, 2.24) is 18.7 Å². The molecule has 0 aliphatic heterocycles. The lowest BCUT2D eigenvalue weighted by Gasteiger charge is -2.35. The maximum absolute atomic E-state index is 6.66. The highest BCUT2D eigenvalue weighted by molar-refractivity contribution is 9.11. The number of rotatable bonds is 11. The van der Waals surface area contributed by atoms with Gasteiger partial charge in [0.2, 0.25) is 0 Å². The van der Waals surface area contributed by atoms with Crippen molar-refractivity contribution in [2.24, 2.45) is 0 Å². The third-order valence-corrected chi connectivity index (χ3v) is 35.8. The number of aromatic nitrogens is 4. The molecular formula is C115H82Br3FN4O2Si2. The number of fused-ring (bicyclic) bond motifs is 20. The highest BCUT2D eigenvalue weighted by Gasteiger charge is 2.44. The molecule has 6 aromatic heterocycles. The van der Waals surface area contributed by atoms with Crippen LogP contribution in [0.2, 0.25) is 0 Å². The Bertz CT molecular complexity index is 8190. The molecule has 0 saturated carbocycles. The number of para-hydroxylation sites is 8. The van der Waals surface area contributed by atoms with Crippen molar-refractivity contribution in [2.45, 2.75) is 7.43 Å². The van der Waals surface area contributed by atoms with Crippen LogP contribution >= 0.6 is 47.8 Å². The van der Waals surface area contributed by atoms with E-state index < -0.39 is 16.1 Å². The summed E-state index contributed by atoms with van der Waals surface area (Å²) in [6.45, 7) is 0. The van der Waals surface area contributed by atoms with Crippen LogP contribution in [0.25, 0.3) is 148 Å². The lowest BCUT2D eigenvalue weighted by Crippen LogP contribution is -2.74. The largest absolute Gasteiger partial charge is 0.455 e. The molecule has 0 saturated heterocycles. The van der Waals surface area contributed by atoms with E-state index in [4.69, 9.17) is 8.83 Å². The molecule has 0 atom stereocenters. The minimum Gasteiger partial charge on any atom is -0.455 e. The van der Waals surface area contributed by atoms with Crippen molar-refractivity contribution in [1.29, 1.82) is 0 Å². The van der Waals surface area contributed by atoms with Gasteiger partial charge in [-0.1, -0.05) is 377 Å². The van der Waals surface area contributed by atoms with E-state index in [0.29, 0.717) is 0 Å². The molecule has 19 aromatic carbocycles. The summed E-state index contributed by atoms with van der Waals surface area (Å²) in [4.78, 5) is 3.45. The number of furan rings is 2. The second-order valence-electron chi connectivity index (χ2n) is 31.7. The number of nitrogens with zero attached hydrogens (tertiary/aromatic N) is 3. The lowest BCUT2D eigenvalue weighted by atomic mass is 10.1. The Balaban J connectivity index is 0.000000125. The van der Waals surface area contributed by atoms with Gasteiger partial charge in [0, 0.05) is 89.9 Å². The van der Waals surface area contributed by atoms with Crippen molar-refractivity contribution in [3.63, 3.8) is 0 Å². The van der Waals surface area contributed by atoms with E-state index >= 15 is 0 Å². The Kier molecular flexibility index (Phi) is 22.0. The molecule has 0 radical (unpaired) electrons. The van der Waals surface area contributed by atoms with E-state index in [2.05, 4.69) is 479 Å². The van der Waals surface area contributed by atoms with Gasteiger partial charge in [-0.25, -0.2) is 0 Å². The Morgan fingerprint density at radius 1 is 0.205 bits per heavy atom. The van der Waals surface area contributed by atoms with Crippen LogP contribution in [0.15, 0.2) is 483 Å². The average Bonchev–Trinajstić information content (AvgIpc) is 1.32. The molecule has 6 heterocycles. The molecule has 0 amide bonds. The molecule has 0 aliphatic carbocycles. The van der Waals surface area contributed by atoms with Crippen LogP contribution in [0.3, 0.4) is 0 Å². The van der Waals surface area contributed by atoms with Gasteiger partial charge < -0.3 is 27.5 Å². The SMILES string of the molecule is Brc1cccc(Br)c1.Brc1cccc([Si](c2ccccc2)(c2ccccc2)c2cccc(-n3c4ccccc4c4ccccc43)c2)c1.C.F.c1ccc([Si](c2ccccc2)(c2cccc(-n3c4ccccc4c4ccccc43)c2)c2cccc(-n3c4ccccc4c4c5oc6ccccc6c5ccc43)c2)cc1.c1ccc2c(c1)[nH]c1ccc3c4ccccc4oc3c12. The molecule has 0 fully saturated rings. The first-order valence-corrected chi connectivity index (χ1v) is 48.5. The van der Waals surface area contributed by atoms with E-state index in [1.54, 1.807) is 0 Å². The van der Waals surface area contributed by atoms with Crippen molar-refractivity contribution in [2.75, 3.05) is 0 Å². The number of H-pyrrole nitrogens is 1. The Hall–Kier alpha value is -14.2. The first-order valence-electron chi connectivity index (χ1n) is 42.1. The van der Waals surface area contributed by atoms with Crippen LogP contribution in [0.5, 0.6) is 0 Å². The molecule has 6 nitrogen and oxygen atoms in total. The zero-order valence-electron chi connectivity index (χ0n) is 68.1. The predicted octanol–water partition coefficient (Wildman–Crippen LogP) is 27.3. The molecule has 127 heavy (non-hydrogen) atoms. The predicted molar refractivity (Wildman–Crippen MR) is 552 cm³/mol. The Morgan fingerprint density at radius 3 is 0.890 bits per heavy atom. The highest BCUT2D eigenvalue weighted by Crippen LogP contribution is 2.43. The van der Waals surface area contributed by atoms with Gasteiger partial charge in [-0.2, -0.15) is 0 Å². The first-order chi connectivity index (χ1) is 61.8. The average molecular weight is 1870 g/mol. The summed E-state index contributed by atoms with van der Waals surface area (Å²) in [5, 5.41) is 25.2. The summed E-state index contributed by atoms with van der Waals surface area (Å²) >= 11 is 10.5. The van der Waals surface area contributed by atoms with Crippen LogP contribution in [0, 0.1) is 0 Å². The van der Waals surface area contributed by atoms with E-state index in [1.165, 1.54) is 118 Å². The molecule has 0 aliphatic rings. The molecule has 0 spiro atoms. The summed E-state index contributed by atoms with van der Waals surface area (Å²) in [5.74, 6) is 0. The standard InChI is InChI=1S/C54H36N2OSi.C36H26BrNSi.C18H11NO.C6H4Br2.CH4.FH/c1-3-19-39(20-4-1)58(40-21-5-2-6-22-40,41-23-15-17-37(35-41)55-48-29-11-7-25-43(48)44-26-8-12-30-49(44)55)42-24-16-18-38(36-42)56-50-31-13-9-28-47(50)53-51(56)34-33-46-45-27-10-14-32-52(45)57-54(46)53;37-27-13-11-19-31(25-27)39(29-15-3-1-4-16-29,30-17-5-2-6-18-30)32-20-12-14-28(26-32)38-35-23-9-7-21-33(35)34-22-8-10-24-36(34)38;1-3-7-14-13(6-1)17-15(19-14)10-9-12-11-5-2-4-8-16(11)20-18(12)17;7-5-2-1-3-6(8)4-5;;/h1-36H;1-26H;1-10,19H;1-4H;1H4;1H. The zero-order chi connectivity index (χ0) is 83.5. The van der Waals surface area contributed by atoms with Gasteiger partial charge in [-0.05, 0) is 181 Å².